The number of hydrogen-bond donors (Lipinski definition) is 0. The molecule has 0 aliphatic heterocycles. The van der Waals surface area contributed by atoms with Crippen LogP contribution in [0.5, 0.6) is 0 Å². The predicted molar refractivity (Wildman–Crippen MR) is 48.9 cm³/mol. The van der Waals surface area contributed by atoms with Crippen LogP contribution >= 0.6 is 0 Å². The number of allylic oxidation sites excluding steroid dienone is 2. The molecule has 0 aromatic heterocycles. The summed E-state index contributed by atoms with van der Waals surface area (Å²) in [5.41, 5.74) is 1.80. The highest BCUT2D eigenvalue weighted by molar-refractivity contribution is 5.82. The Kier molecular flexibility index (Phi) is 1.82. The number of carbonyl (C=O) groups excluding carboxylic acids is 1. The van der Waals surface area contributed by atoms with Gasteiger partial charge in [0.25, 0.3) is 0 Å². The Hall–Kier alpha value is -0.590. The van der Waals surface area contributed by atoms with Crippen molar-refractivity contribution in [2.24, 2.45) is 5.41 Å². The maximum Gasteiger partial charge on any atom is 0.133 e. The summed E-state index contributed by atoms with van der Waals surface area (Å²) < 4.78 is 0. The first kappa shape index (κ1) is 8.03. The molecule has 0 radical (unpaired) electrons. The van der Waals surface area contributed by atoms with Crippen molar-refractivity contribution >= 4 is 5.78 Å². The standard InChI is InChI=1S/C11H16O/c1-9-4-2-3-6-11(9)7-5-10(12)8-11/h4H,2-3,5-8H2,1H3. The minimum absolute atomic E-state index is 0.315. The van der Waals surface area contributed by atoms with Crippen LogP contribution in [0.2, 0.25) is 0 Å². The second-order valence-electron chi connectivity index (χ2n) is 4.28. The van der Waals surface area contributed by atoms with E-state index in [9.17, 15) is 4.79 Å². The highest BCUT2D eigenvalue weighted by atomic mass is 16.1. The molecule has 0 saturated heterocycles. The molecule has 0 bridgehead atoms. The van der Waals surface area contributed by atoms with Gasteiger partial charge in [-0.05, 0) is 38.0 Å². The molecule has 1 heteroatoms. The van der Waals surface area contributed by atoms with Crippen LogP contribution in [-0.4, -0.2) is 5.78 Å². The first-order valence-electron chi connectivity index (χ1n) is 4.92. The van der Waals surface area contributed by atoms with Gasteiger partial charge in [-0.15, -0.1) is 0 Å². The van der Waals surface area contributed by atoms with Crippen LogP contribution in [0.1, 0.15) is 45.4 Å². The lowest BCUT2D eigenvalue weighted by Crippen LogP contribution is -2.21. The van der Waals surface area contributed by atoms with Crippen LogP contribution in [0.15, 0.2) is 11.6 Å². The number of rotatable bonds is 0. The van der Waals surface area contributed by atoms with Crippen LogP contribution in [0.3, 0.4) is 0 Å². The molecule has 2 aliphatic carbocycles. The Bertz CT molecular complexity index is 239. The fourth-order valence-corrected chi connectivity index (χ4v) is 2.66. The minimum Gasteiger partial charge on any atom is -0.300 e. The Morgan fingerprint density at radius 3 is 2.83 bits per heavy atom. The molecule has 0 aromatic carbocycles. The summed E-state index contributed by atoms with van der Waals surface area (Å²) in [7, 11) is 0. The third-order valence-corrected chi connectivity index (χ3v) is 3.56. The Balaban J connectivity index is 2.25. The molecule has 1 atom stereocenters. The SMILES string of the molecule is CC1=CCCCC12CCC(=O)C2. The molecule has 2 aliphatic rings. The van der Waals surface area contributed by atoms with Crippen molar-refractivity contribution in [2.45, 2.75) is 45.4 Å². The van der Waals surface area contributed by atoms with E-state index in [-0.39, 0.29) is 0 Å². The van der Waals surface area contributed by atoms with Crippen LogP contribution in [0.25, 0.3) is 0 Å². The van der Waals surface area contributed by atoms with E-state index in [0.29, 0.717) is 11.2 Å². The fraction of sp³-hybridized carbons (Fsp3) is 0.727. The van der Waals surface area contributed by atoms with Crippen LogP contribution in [-0.2, 0) is 4.79 Å². The van der Waals surface area contributed by atoms with Gasteiger partial charge in [-0.3, -0.25) is 4.79 Å². The van der Waals surface area contributed by atoms with E-state index < -0.39 is 0 Å². The lowest BCUT2D eigenvalue weighted by molar-refractivity contribution is -0.117. The van der Waals surface area contributed by atoms with E-state index in [0.717, 1.165) is 19.3 Å². The molecule has 2 rings (SSSR count). The highest BCUT2D eigenvalue weighted by Crippen LogP contribution is 2.48. The quantitative estimate of drug-likeness (QED) is 0.503. The summed E-state index contributed by atoms with van der Waals surface area (Å²) in [5.74, 6) is 0.477. The molecule has 1 unspecified atom stereocenters. The van der Waals surface area contributed by atoms with E-state index in [4.69, 9.17) is 0 Å². The molecular weight excluding hydrogens is 148 g/mol. The Morgan fingerprint density at radius 1 is 1.42 bits per heavy atom. The summed E-state index contributed by atoms with van der Waals surface area (Å²) in [5, 5.41) is 0. The molecule has 1 spiro atoms. The second-order valence-corrected chi connectivity index (χ2v) is 4.28. The third kappa shape index (κ3) is 1.12. The zero-order chi connectivity index (χ0) is 8.60. The molecule has 0 heterocycles. The minimum atomic E-state index is 0.315. The van der Waals surface area contributed by atoms with Crippen molar-refractivity contribution in [1.29, 1.82) is 0 Å². The largest absolute Gasteiger partial charge is 0.300 e. The predicted octanol–water partition coefficient (Wildman–Crippen LogP) is 2.86. The molecule has 66 valence electrons. The van der Waals surface area contributed by atoms with Gasteiger partial charge in [-0.1, -0.05) is 11.6 Å². The van der Waals surface area contributed by atoms with Gasteiger partial charge in [0.15, 0.2) is 0 Å². The van der Waals surface area contributed by atoms with Gasteiger partial charge < -0.3 is 0 Å². The molecule has 0 aromatic rings. The van der Waals surface area contributed by atoms with Gasteiger partial charge in [0, 0.05) is 12.8 Å². The van der Waals surface area contributed by atoms with Gasteiger partial charge in [0.05, 0.1) is 0 Å². The van der Waals surface area contributed by atoms with Crippen molar-refractivity contribution in [1.82, 2.24) is 0 Å². The van der Waals surface area contributed by atoms with Gasteiger partial charge >= 0.3 is 0 Å². The zero-order valence-corrected chi connectivity index (χ0v) is 7.73. The number of carbonyl (C=O) groups is 1. The summed E-state index contributed by atoms with van der Waals surface area (Å²) in [6, 6.07) is 0. The number of ketones is 1. The van der Waals surface area contributed by atoms with E-state index >= 15 is 0 Å². The summed E-state index contributed by atoms with van der Waals surface area (Å²) in [6.07, 6.45) is 8.87. The van der Waals surface area contributed by atoms with Crippen LogP contribution in [0, 0.1) is 5.41 Å². The van der Waals surface area contributed by atoms with E-state index in [1.165, 1.54) is 24.8 Å². The average Bonchev–Trinajstić information content (AvgIpc) is 2.41. The lowest BCUT2D eigenvalue weighted by atomic mass is 9.72. The molecule has 0 amide bonds. The van der Waals surface area contributed by atoms with E-state index in [2.05, 4.69) is 13.0 Å². The van der Waals surface area contributed by atoms with Gasteiger partial charge in [-0.25, -0.2) is 0 Å². The first-order chi connectivity index (χ1) is 5.73. The smallest absolute Gasteiger partial charge is 0.133 e. The summed E-state index contributed by atoms with van der Waals surface area (Å²) >= 11 is 0. The molecule has 1 saturated carbocycles. The van der Waals surface area contributed by atoms with Crippen LogP contribution in [0.4, 0.5) is 0 Å². The normalized spacial score (nSPS) is 35.8. The molecule has 12 heavy (non-hydrogen) atoms. The fourth-order valence-electron chi connectivity index (χ4n) is 2.66. The zero-order valence-electron chi connectivity index (χ0n) is 7.73. The number of Topliss-reactive ketones (excluding diaryl/α,β-unsaturated/α-hetero) is 1. The van der Waals surface area contributed by atoms with Crippen molar-refractivity contribution in [3.63, 3.8) is 0 Å². The highest BCUT2D eigenvalue weighted by Gasteiger charge is 2.40. The molecule has 1 nitrogen and oxygen atoms in total. The van der Waals surface area contributed by atoms with E-state index in [1.54, 1.807) is 0 Å². The topological polar surface area (TPSA) is 17.1 Å². The van der Waals surface area contributed by atoms with E-state index in [1.807, 2.05) is 0 Å². The summed E-state index contributed by atoms with van der Waals surface area (Å²) in [4.78, 5) is 11.2. The maximum atomic E-state index is 11.2. The lowest BCUT2D eigenvalue weighted by Gasteiger charge is -2.32. The third-order valence-electron chi connectivity index (χ3n) is 3.56. The van der Waals surface area contributed by atoms with Gasteiger partial charge in [-0.2, -0.15) is 0 Å². The molecule has 1 fully saturated rings. The summed E-state index contributed by atoms with van der Waals surface area (Å²) in [6.45, 7) is 2.21. The second kappa shape index (κ2) is 2.72. The first-order valence-corrected chi connectivity index (χ1v) is 4.92. The van der Waals surface area contributed by atoms with Crippen molar-refractivity contribution in [3.8, 4) is 0 Å². The van der Waals surface area contributed by atoms with Crippen molar-refractivity contribution in [3.05, 3.63) is 11.6 Å². The van der Waals surface area contributed by atoms with Crippen molar-refractivity contribution in [2.75, 3.05) is 0 Å². The average molecular weight is 164 g/mol. The van der Waals surface area contributed by atoms with Gasteiger partial charge in [0.2, 0.25) is 0 Å². The Morgan fingerprint density at radius 2 is 2.25 bits per heavy atom. The molecule has 0 N–H and O–H groups in total. The number of hydrogen-bond acceptors (Lipinski definition) is 1. The van der Waals surface area contributed by atoms with Crippen molar-refractivity contribution < 1.29 is 4.79 Å². The molecular formula is C11H16O. The van der Waals surface area contributed by atoms with Crippen LogP contribution < -0.4 is 0 Å². The maximum absolute atomic E-state index is 11.2. The monoisotopic (exact) mass is 164 g/mol. The van der Waals surface area contributed by atoms with Gasteiger partial charge in [0.1, 0.15) is 5.78 Å². The Labute approximate surface area is 73.8 Å².